The van der Waals surface area contributed by atoms with E-state index in [1.54, 1.807) is 7.11 Å². The molecule has 0 bridgehead atoms. The molecule has 3 aromatic carbocycles. The first-order valence-electron chi connectivity index (χ1n) is 16.1. The van der Waals surface area contributed by atoms with Crippen molar-refractivity contribution in [3.8, 4) is 16.9 Å². The molecule has 1 amide bonds. The smallest absolute Gasteiger partial charge is 0.235 e. The Morgan fingerprint density at radius 2 is 1.64 bits per heavy atom. The molecule has 7 nitrogen and oxygen atoms in total. The molecule has 230 valence electrons. The molecule has 0 aliphatic heterocycles. The molecule has 2 aliphatic rings. The molecule has 7 rings (SSSR count). The number of aromatic amines is 1. The number of hydrogen-bond acceptors (Lipinski definition) is 4. The molecule has 2 fully saturated rings. The summed E-state index contributed by atoms with van der Waals surface area (Å²) in [7, 11) is 1.71. The van der Waals surface area contributed by atoms with Crippen LogP contribution in [-0.4, -0.2) is 32.8 Å². The standard InChI is InChI=1S/C38H41N5O2/c1-24-34(25(2)42-41-24)27-17-19-31(20-18-27)40-38(44)36(35(28-13-14-28)29-15-16-29)37-39-32(21-30-11-7-8-12-33(30)45-3)23-43(37)22-26-9-5-4-6-10-26/h4-12,17-20,23,28-29,35-36H,13-16,21-22H2,1-3H3,(H,40,44)(H,41,42). The van der Waals surface area contributed by atoms with Crippen LogP contribution in [0.2, 0.25) is 0 Å². The number of aryl methyl sites for hydroxylation is 2. The highest BCUT2D eigenvalue weighted by Gasteiger charge is 2.49. The second-order valence-electron chi connectivity index (χ2n) is 12.8. The van der Waals surface area contributed by atoms with E-state index in [1.807, 2.05) is 50.2 Å². The minimum atomic E-state index is -0.335. The fraction of sp³-hybridized carbons (Fsp3) is 0.342. The van der Waals surface area contributed by atoms with Gasteiger partial charge in [0.2, 0.25) is 5.91 Å². The van der Waals surface area contributed by atoms with Gasteiger partial charge in [-0.15, -0.1) is 0 Å². The number of ether oxygens (including phenoxy) is 1. The van der Waals surface area contributed by atoms with E-state index in [0.29, 0.717) is 24.8 Å². The van der Waals surface area contributed by atoms with Crippen LogP contribution < -0.4 is 10.1 Å². The average molecular weight is 600 g/mol. The molecule has 1 atom stereocenters. The van der Waals surface area contributed by atoms with Crippen molar-refractivity contribution in [2.45, 2.75) is 58.4 Å². The van der Waals surface area contributed by atoms with Crippen molar-refractivity contribution in [3.63, 3.8) is 0 Å². The SMILES string of the molecule is COc1ccccc1Cc1cn(Cc2ccccc2)c(C(C(=O)Nc2ccc(-c3c(C)n[nH]c3C)cc2)C(C2CC2)C2CC2)n1. The Balaban J connectivity index is 1.24. The molecule has 2 saturated carbocycles. The normalized spacial score (nSPS) is 15.3. The minimum Gasteiger partial charge on any atom is -0.496 e. The molecule has 2 heterocycles. The van der Waals surface area contributed by atoms with Gasteiger partial charge in [-0.3, -0.25) is 9.89 Å². The topological polar surface area (TPSA) is 84.8 Å². The third kappa shape index (κ3) is 6.30. The lowest BCUT2D eigenvalue weighted by molar-refractivity contribution is -0.119. The largest absolute Gasteiger partial charge is 0.496 e. The predicted octanol–water partition coefficient (Wildman–Crippen LogP) is 7.70. The monoisotopic (exact) mass is 599 g/mol. The minimum absolute atomic E-state index is 0.0333. The fourth-order valence-corrected chi connectivity index (χ4v) is 7.04. The molecule has 0 radical (unpaired) electrons. The van der Waals surface area contributed by atoms with E-state index in [-0.39, 0.29) is 17.7 Å². The number of nitrogens with zero attached hydrogens (tertiary/aromatic N) is 3. The molecular weight excluding hydrogens is 558 g/mol. The lowest BCUT2D eigenvalue weighted by Gasteiger charge is -2.27. The third-order valence-electron chi connectivity index (χ3n) is 9.46. The van der Waals surface area contributed by atoms with Gasteiger partial charge in [0, 0.05) is 41.7 Å². The zero-order valence-corrected chi connectivity index (χ0v) is 26.3. The zero-order chi connectivity index (χ0) is 30.9. The van der Waals surface area contributed by atoms with Gasteiger partial charge < -0.3 is 14.6 Å². The number of aromatic nitrogens is 4. The van der Waals surface area contributed by atoms with E-state index in [2.05, 4.69) is 68.7 Å². The van der Waals surface area contributed by atoms with Crippen LogP contribution in [0.25, 0.3) is 11.1 Å². The highest BCUT2D eigenvalue weighted by molar-refractivity contribution is 5.96. The molecule has 1 unspecified atom stereocenters. The second kappa shape index (κ2) is 12.4. The number of benzene rings is 3. The first-order chi connectivity index (χ1) is 22.0. The Kier molecular flexibility index (Phi) is 8.01. The van der Waals surface area contributed by atoms with Crippen molar-refractivity contribution in [2.75, 3.05) is 12.4 Å². The maximum absolute atomic E-state index is 14.5. The number of rotatable bonds is 12. The summed E-state index contributed by atoms with van der Waals surface area (Å²) in [4.78, 5) is 19.8. The number of para-hydroxylation sites is 1. The van der Waals surface area contributed by atoms with Gasteiger partial charge in [0.1, 0.15) is 11.6 Å². The number of H-pyrrole nitrogens is 1. The zero-order valence-electron chi connectivity index (χ0n) is 26.3. The fourth-order valence-electron chi connectivity index (χ4n) is 7.04. The lowest BCUT2D eigenvalue weighted by atomic mass is 9.82. The van der Waals surface area contributed by atoms with Crippen LogP contribution in [-0.2, 0) is 17.8 Å². The van der Waals surface area contributed by atoms with Crippen molar-refractivity contribution in [3.05, 3.63) is 119 Å². The van der Waals surface area contributed by atoms with Gasteiger partial charge in [0.15, 0.2) is 0 Å². The quantitative estimate of drug-likeness (QED) is 0.154. The summed E-state index contributed by atoms with van der Waals surface area (Å²) in [5.74, 6) is 2.85. The number of nitrogens with one attached hydrogen (secondary N) is 2. The summed E-state index contributed by atoms with van der Waals surface area (Å²) in [5.41, 5.74) is 8.22. The molecule has 2 N–H and O–H groups in total. The summed E-state index contributed by atoms with van der Waals surface area (Å²) < 4.78 is 7.89. The highest BCUT2D eigenvalue weighted by Crippen LogP contribution is 2.55. The molecule has 0 spiro atoms. The first kappa shape index (κ1) is 29.1. The first-order valence-corrected chi connectivity index (χ1v) is 16.1. The number of imidazole rings is 1. The Hall–Kier alpha value is -4.65. The van der Waals surface area contributed by atoms with Crippen molar-refractivity contribution in [2.24, 2.45) is 17.8 Å². The Bertz CT molecular complexity index is 1750. The summed E-state index contributed by atoms with van der Waals surface area (Å²) in [6.07, 6.45) is 7.55. The molecule has 7 heteroatoms. The van der Waals surface area contributed by atoms with Crippen molar-refractivity contribution < 1.29 is 9.53 Å². The molecule has 0 saturated heterocycles. The van der Waals surface area contributed by atoms with E-state index in [0.717, 1.165) is 51.0 Å². The molecule has 5 aromatic rings. The van der Waals surface area contributed by atoms with Crippen molar-refractivity contribution in [1.29, 1.82) is 0 Å². The summed E-state index contributed by atoms with van der Waals surface area (Å²) >= 11 is 0. The van der Waals surface area contributed by atoms with Crippen molar-refractivity contribution in [1.82, 2.24) is 19.7 Å². The van der Waals surface area contributed by atoms with Crippen LogP contribution in [0.15, 0.2) is 85.1 Å². The van der Waals surface area contributed by atoms with E-state index >= 15 is 0 Å². The van der Waals surface area contributed by atoms with Crippen LogP contribution in [0.3, 0.4) is 0 Å². The number of amides is 1. The summed E-state index contributed by atoms with van der Waals surface area (Å²) in [5, 5.41) is 10.7. The maximum atomic E-state index is 14.5. The van der Waals surface area contributed by atoms with E-state index in [1.165, 1.54) is 31.2 Å². The highest BCUT2D eigenvalue weighted by atomic mass is 16.5. The van der Waals surface area contributed by atoms with Gasteiger partial charge in [-0.05, 0) is 86.6 Å². The lowest BCUT2D eigenvalue weighted by Crippen LogP contribution is -2.32. The number of carbonyl (C=O) groups excluding carboxylic acids is 1. The molecule has 2 aliphatic carbocycles. The van der Waals surface area contributed by atoms with Gasteiger partial charge >= 0.3 is 0 Å². The summed E-state index contributed by atoms with van der Waals surface area (Å²) in [6.45, 7) is 4.71. The van der Waals surface area contributed by atoms with E-state index in [4.69, 9.17) is 9.72 Å². The second-order valence-corrected chi connectivity index (χ2v) is 12.8. The predicted molar refractivity (Wildman–Crippen MR) is 177 cm³/mol. The van der Waals surface area contributed by atoms with Crippen molar-refractivity contribution >= 4 is 11.6 Å². The van der Waals surface area contributed by atoms with E-state index < -0.39 is 0 Å². The number of anilines is 1. The average Bonchev–Trinajstić information content (AvgIpc) is 3.99. The Morgan fingerprint density at radius 3 is 2.29 bits per heavy atom. The van der Waals surface area contributed by atoms with Gasteiger partial charge in [0.05, 0.1) is 24.4 Å². The van der Waals surface area contributed by atoms with Gasteiger partial charge in [0.25, 0.3) is 0 Å². The van der Waals surface area contributed by atoms with Gasteiger partial charge in [-0.1, -0.05) is 60.7 Å². The number of methoxy groups -OCH3 is 1. The van der Waals surface area contributed by atoms with Crippen LogP contribution in [0.4, 0.5) is 5.69 Å². The van der Waals surface area contributed by atoms with E-state index in [9.17, 15) is 4.79 Å². The summed E-state index contributed by atoms with van der Waals surface area (Å²) in [6, 6.07) is 26.7. The van der Waals surface area contributed by atoms with Gasteiger partial charge in [-0.25, -0.2) is 4.98 Å². The number of carbonyl (C=O) groups is 1. The van der Waals surface area contributed by atoms with Crippen LogP contribution >= 0.6 is 0 Å². The van der Waals surface area contributed by atoms with Crippen LogP contribution in [0.5, 0.6) is 5.75 Å². The molecule has 2 aromatic heterocycles. The molecule has 45 heavy (non-hydrogen) atoms. The molecular formula is C38H41N5O2. The van der Waals surface area contributed by atoms with Gasteiger partial charge in [-0.2, -0.15) is 5.10 Å². The van der Waals surface area contributed by atoms with Crippen LogP contribution in [0, 0.1) is 31.6 Å². The third-order valence-corrected chi connectivity index (χ3v) is 9.46. The Labute approximate surface area is 265 Å². The van der Waals surface area contributed by atoms with Crippen LogP contribution in [0.1, 0.15) is 65.6 Å². The maximum Gasteiger partial charge on any atom is 0.235 e. The Morgan fingerprint density at radius 1 is 0.956 bits per heavy atom. The number of hydrogen-bond donors (Lipinski definition) is 2.